The molecule has 0 aromatic carbocycles. The first-order valence-electron chi connectivity index (χ1n) is 7.88. The van der Waals surface area contributed by atoms with Gasteiger partial charge in [0, 0.05) is 19.5 Å². The van der Waals surface area contributed by atoms with E-state index in [9.17, 15) is 4.79 Å². The predicted molar refractivity (Wildman–Crippen MR) is 76.6 cm³/mol. The number of nitrogens with zero attached hydrogens (tertiary/aromatic N) is 1. The molecule has 112 valence electrons. The summed E-state index contributed by atoms with van der Waals surface area (Å²) in [6, 6.07) is 0. The number of piperidine rings is 1. The molecule has 0 aliphatic carbocycles. The van der Waals surface area contributed by atoms with Crippen LogP contribution in [-0.4, -0.2) is 41.9 Å². The van der Waals surface area contributed by atoms with Gasteiger partial charge >= 0.3 is 6.09 Å². The normalized spacial score (nSPS) is 36.0. The third kappa shape index (κ3) is 2.58. The van der Waals surface area contributed by atoms with Crippen LogP contribution >= 0.6 is 0 Å². The van der Waals surface area contributed by atoms with E-state index < -0.39 is 5.60 Å². The molecule has 3 saturated heterocycles. The van der Waals surface area contributed by atoms with Gasteiger partial charge in [-0.15, -0.1) is 0 Å². The van der Waals surface area contributed by atoms with Crippen molar-refractivity contribution < 1.29 is 14.3 Å². The Labute approximate surface area is 121 Å². The van der Waals surface area contributed by atoms with E-state index in [0.717, 1.165) is 45.2 Å². The predicted octanol–water partition coefficient (Wildman–Crippen LogP) is 3.27. The zero-order chi connectivity index (χ0) is 14.2. The lowest BCUT2D eigenvalue weighted by Gasteiger charge is -2.36. The number of hydrogen-bond donors (Lipinski definition) is 0. The number of likely N-dealkylation sites (tertiary alicyclic amines) is 1. The first kappa shape index (κ1) is 13.9. The Balaban J connectivity index is 1.74. The summed E-state index contributed by atoms with van der Waals surface area (Å²) in [5.41, 5.74) is 0.670. The summed E-state index contributed by atoms with van der Waals surface area (Å²) < 4.78 is 11.9. The minimum atomic E-state index is -0.518. The second kappa shape index (κ2) is 5.40. The Hall–Kier alpha value is -1.03. The molecule has 4 nitrogen and oxygen atoms in total. The lowest BCUT2D eigenvalue weighted by molar-refractivity contribution is -0.0265. The van der Waals surface area contributed by atoms with Crippen LogP contribution in [0.3, 0.4) is 0 Å². The standard InChI is InChI=1S/C16H25NO3/c1-12(2)10-16(11-13-6-7-14(16)19-13)20-15(18)17-8-4-3-5-9-17/h10,13-14H,3-9,11H2,1-2H3. The number of hydrogen-bond acceptors (Lipinski definition) is 3. The molecule has 0 aromatic rings. The fourth-order valence-electron chi connectivity index (χ4n) is 3.78. The third-order valence-corrected chi connectivity index (χ3v) is 4.62. The van der Waals surface area contributed by atoms with Crippen LogP contribution in [0.2, 0.25) is 0 Å². The Morgan fingerprint density at radius 2 is 2.00 bits per heavy atom. The number of carbonyl (C=O) groups excluding carboxylic acids is 1. The first-order chi connectivity index (χ1) is 9.59. The highest BCUT2D eigenvalue weighted by atomic mass is 16.6. The lowest BCUT2D eigenvalue weighted by atomic mass is 9.83. The summed E-state index contributed by atoms with van der Waals surface area (Å²) in [7, 11) is 0. The molecule has 0 aromatic heterocycles. The molecule has 3 fully saturated rings. The molecule has 1 amide bonds. The van der Waals surface area contributed by atoms with Gasteiger partial charge in [-0.05, 0) is 52.0 Å². The van der Waals surface area contributed by atoms with E-state index in [2.05, 4.69) is 19.9 Å². The number of amides is 1. The highest BCUT2D eigenvalue weighted by Crippen LogP contribution is 2.45. The van der Waals surface area contributed by atoms with Crippen LogP contribution < -0.4 is 0 Å². The molecule has 20 heavy (non-hydrogen) atoms. The van der Waals surface area contributed by atoms with Crippen molar-refractivity contribution in [2.75, 3.05) is 13.1 Å². The Bertz CT molecular complexity index is 410. The molecule has 3 rings (SSSR count). The molecule has 3 atom stereocenters. The van der Waals surface area contributed by atoms with Gasteiger partial charge in [-0.2, -0.15) is 0 Å². The van der Waals surface area contributed by atoms with Gasteiger partial charge in [0.25, 0.3) is 0 Å². The van der Waals surface area contributed by atoms with E-state index in [1.165, 1.54) is 12.0 Å². The van der Waals surface area contributed by atoms with E-state index in [0.29, 0.717) is 0 Å². The topological polar surface area (TPSA) is 38.8 Å². The summed E-state index contributed by atoms with van der Waals surface area (Å²) >= 11 is 0. The van der Waals surface area contributed by atoms with Crippen LogP contribution in [0.15, 0.2) is 11.6 Å². The minimum absolute atomic E-state index is 0.0520. The second-order valence-electron chi connectivity index (χ2n) is 6.62. The van der Waals surface area contributed by atoms with Crippen LogP contribution in [0, 0.1) is 0 Å². The summed E-state index contributed by atoms with van der Waals surface area (Å²) in [6.45, 7) is 5.78. The van der Waals surface area contributed by atoms with Gasteiger partial charge in [0.1, 0.15) is 6.10 Å². The average Bonchev–Trinajstić information content (AvgIpc) is 2.99. The van der Waals surface area contributed by atoms with Crippen LogP contribution in [0.5, 0.6) is 0 Å². The molecule has 3 aliphatic rings. The molecule has 2 bridgehead atoms. The smallest absolute Gasteiger partial charge is 0.410 e. The number of rotatable bonds is 2. The summed E-state index contributed by atoms with van der Waals surface area (Å²) in [5.74, 6) is 0. The van der Waals surface area contributed by atoms with Crippen molar-refractivity contribution in [3.63, 3.8) is 0 Å². The molecule has 0 saturated carbocycles. The van der Waals surface area contributed by atoms with Gasteiger partial charge in [-0.3, -0.25) is 0 Å². The molecule has 0 N–H and O–H groups in total. The maximum Gasteiger partial charge on any atom is 0.410 e. The molecule has 0 radical (unpaired) electrons. The van der Waals surface area contributed by atoms with E-state index in [1.54, 1.807) is 0 Å². The quantitative estimate of drug-likeness (QED) is 0.728. The highest BCUT2D eigenvalue weighted by Gasteiger charge is 2.54. The van der Waals surface area contributed by atoms with Crippen molar-refractivity contribution in [2.45, 2.75) is 70.2 Å². The minimum Gasteiger partial charge on any atom is -0.436 e. The third-order valence-electron chi connectivity index (χ3n) is 4.62. The van der Waals surface area contributed by atoms with E-state index in [-0.39, 0.29) is 18.3 Å². The molecule has 3 unspecified atom stereocenters. The fraction of sp³-hybridized carbons (Fsp3) is 0.812. The number of ether oxygens (including phenoxy) is 2. The molecule has 0 spiro atoms. The van der Waals surface area contributed by atoms with Crippen LogP contribution in [-0.2, 0) is 9.47 Å². The van der Waals surface area contributed by atoms with Gasteiger partial charge in [0.15, 0.2) is 5.60 Å². The van der Waals surface area contributed by atoms with Crippen molar-refractivity contribution in [3.05, 3.63) is 11.6 Å². The van der Waals surface area contributed by atoms with Crippen molar-refractivity contribution in [1.29, 1.82) is 0 Å². The van der Waals surface area contributed by atoms with Crippen molar-refractivity contribution in [1.82, 2.24) is 4.90 Å². The van der Waals surface area contributed by atoms with E-state index in [4.69, 9.17) is 9.47 Å². The van der Waals surface area contributed by atoms with Gasteiger partial charge in [-0.1, -0.05) is 5.57 Å². The number of carbonyl (C=O) groups is 1. The van der Waals surface area contributed by atoms with Gasteiger partial charge in [0.05, 0.1) is 6.10 Å². The van der Waals surface area contributed by atoms with Crippen molar-refractivity contribution >= 4 is 6.09 Å². The van der Waals surface area contributed by atoms with Crippen LogP contribution in [0.25, 0.3) is 0 Å². The van der Waals surface area contributed by atoms with Crippen LogP contribution in [0.4, 0.5) is 4.79 Å². The van der Waals surface area contributed by atoms with Gasteiger partial charge < -0.3 is 14.4 Å². The highest BCUT2D eigenvalue weighted by molar-refractivity contribution is 5.68. The lowest BCUT2D eigenvalue weighted by Crippen LogP contribution is -2.47. The van der Waals surface area contributed by atoms with Crippen molar-refractivity contribution in [2.24, 2.45) is 0 Å². The largest absolute Gasteiger partial charge is 0.436 e. The SMILES string of the molecule is CC(C)=CC1(OC(=O)N2CCCCC2)CC2CCC1O2. The van der Waals surface area contributed by atoms with E-state index in [1.807, 2.05) is 4.90 Å². The first-order valence-corrected chi connectivity index (χ1v) is 7.88. The summed E-state index contributed by atoms with van der Waals surface area (Å²) in [5, 5.41) is 0. The van der Waals surface area contributed by atoms with E-state index >= 15 is 0 Å². The molecular formula is C16H25NO3. The fourth-order valence-corrected chi connectivity index (χ4v) is 3.78. The van der Waals surface area contributed by atoms with Crippen LogP contribution in [0.1, 0.15) is 52.4 Å². The Morgan fingerprint density at radius 1 is 1.25 bits per heavy atom. The maximum absolute atomic E-state index is 12.4. The summed E-state index contributed by atoms with van der Waals surface area (Å²) in [4.78, 5) is 14.3. The average molecular weight is 279 g/mol. The Morgan fingerprint density at radius 3 is 2.55 bits per heavy atom. The second-order valence-corrected chi connectivity index (χ2v) is 6.62. The number of allylic oxidation sites excluding steroid dienone is 1. The molecule has 4 heteroatoms. The zero-order valence-electron chi connectivity index (χ0n) is 12.6. The molecule has 3 heterocycles. The summed E-state index contributed by atoms with van der Waals surface area (Å²) in [6.07, 6.45) is 8.60. The number of fused-ring (bicyclic) bond motifs is 2. The molecule has 3 aliphatic heterocycles. The van der Waals surface area contributed by atoms with Gasteiger partial charge in [0.2, 0.25) is 0 Å². The Kier molecular flexibility index (Phi) is 3.76. The monoisotopic (exact) mass is 279 g/mol. The van der Waals surface area contributed by atoms with Crippen molar-refractivity contribution in [3.8, 4) is 0 Å². The molecular weight excluding hydrogens is 254 g/mol. The van der Waals surface area contributed by atoms with Gasteiger partial charge in [-0.25, -0.2) is 4.79 Å². The zero-order valence-corrected chi connectivity index (χ0v) is 12.6. The maximum atomic E-state index is 12.4.